The van der Waals surface area contributed by atoms with Crippen molar-refractivity contribution in [3.63, 3.8) is 0 Å². The molecule has 0 aliphatic heterocycles. The Balaban J connectivity index is 2.53. The summed E-state index contributed by atoms with van der Waals surface area (Å²) in [7, 11) is 0. The quantitative estimate of drug-likeness (QED) is 0.906. The van der Waals surface area contributed by atoms with Crippen molar-refractivity contribution >= 4 is 6.09 Å². The molecular weight excluding hydrogens is 242 g/mol. The first-order valence-electron chi connectivity index (χ1n) is 5.48. The van der Waals surface area contributed by atoms with Gasteiger partial charge in [-0.15, -0.1) is 0 Å². The number of amides is 1. The minimum atomic E-state index is -2.62. The highest BCUT2D eigenvalue weighted by molar-refractivity contribution is 5.67. The van der Waals surface area contributed by atoms with Crippen LogP contribution in [0.4, 0.5) is 13.6 Å². The number of hydrogen-bond donors (Lipinski definition) is 1. The summed E-state index contributed by atoms with van der Waals surface area (Å²) in [5.74, 6) is 0. The summed E-state index contributed by atoms with van der Waals surface area (Å²) in [5.41, 5.74) is -0.346. The smallest absolute Gasteiger partial charge is 0.407 e. The molecule has 0 saturated heterocycles. The Bertz CT molecular complexity index is 417. The first-order chi connectivity index (χ1) is 8.28. The van der Waals surface area contributed by atoms with Gasteiger partial charge in [0, 0.05) is 12.7 Å². The van der Waals surface area contributed by atoms with Gasteiger partial charge in [0.1, 0.15) is 11.3 Å². The van der Waals surface area contributed by atoms with Crippen LogP contribution in [0.25, 0.3) is 0 Å². The number of nitrogens with zero attached hydrogens (tertiary/aromatic N) is 1. The molecule has 100 valence electrons. The molecule has 1 aromatic rings. The molecule has 0 saturated carbocycles. The Labute approximate surface area is 104 Å². The lowest BCUT2D eigenvalue weighted by Crippen LogP contribution is -2.32. The highest BCUT2D eigenvalue weighted by Crippen LogP contribution is 2.16. The monoisotopic (exact) mass is 258 g/mol. The Morgan fingerprint density at radius 2 is 2.17 bits per heavy atom. The number of ether oxygens (including phenoxy) is 1. The van der Waals surface area contributed by atoms with Crippen LogP contribution in [0.5, 0.6) is 0 Å². The topological polar surface area (TPSA) is 51.2 Å². The molecule has 1 N–H and O–H groups in total. The molecule has 6 heteroatoms. The van der Waals surface area contributed by atoms with Gasteiger partial charge in [0.05, 0.1) is 0 Å². The molecule has 0 atom stereocenters. The molecule has 0 fully saturated rings. The Kier molecular flexibility index (Phi) is 4.58. The highest BCUT2D eigenvalue weighted by Gasteiger charge is 2.16. The van der Waals surface area contributed by atoms with Gasteiger partial charge in [0.15, 0.2) is 0 Å². The van der Waals surface area contributed by atoms with E-state index >= 15 is 0 Å². The summed E-state index contributed by atoms with van der Waals surface area (Å²) < 4.78 is 29.8. The number of halogens is 2. The Morgan fingerprint density at radius 3 is 2.72 bits per heavy atom. The number of alkyl carbamates (subject to hydrolysis) is 1. The number of pyridine rings is 1. The number of alkyl halides is 2. The molecule has 0 radical (unpaired) electrons. The maximum Gasteiger partial charge on any atom is 0.407 e. The molecule has 0 unspecified atom stereocenters. The van der Waals surface area contributed by atoms with Gasteiger partial charge in [-0.25, -0.2) is 13.6 Å². The first-order valence-corrected chi connectivity index (χ1v) is 5.48. The Hall–Kier alpha value is -1.72. The van der Waals surface area contributed by atoms with Crippen molar-refractivity contribution in [1.29, 1.82) is 0 Å². The number of hydrogen-bond acceptors (Lipinski definition) is 3. The summed E-state index contributed by atoms with van der Waals surface area (Å²) in [6.07, 6.45) is -1.92. The van der Waals surface area contributed by atoms with E-state index in [9.17, 15) is 13.6 Å². The number of aromatic nitrogens is 1. The van der Waals surface area contributed by atoms with Gasteiger partial charge in [0.2, 0.25) is 0 Å². The SMILES string of the molecule is CC(C)(C)OC(=O)NCc1ccnc(C(F)F)c1. The van der Waals surface area contributed by atoms with E-state index in [0.717, 1.165) is 0 Å². The van der Waals surface area contributed by atoms with E-state index in [1.807, 2.05) is 0 Å². The van der Waals surface area contributed by atoms with Gasteiger partial charge in [-0.1, -0.05) is 0 Å². The molecule has 0 aliphatic carbocycles. The van der Waals surface area contributed by atoms with Crippen LogP contribution >= 0.6 is 0 Å². The highest BCUT2D eigenvalue weighted by atomic mass is 19.3. The maximum absolute atomic E-state index is 12.4. The molecule has 1 rings (SSSR count). The molecule has 0 aliphatic rings. The minimum absolute atomic E-state index is 0.122. The zero-order chi connectivity index (χ0) is 13.8. The third-order valence-electron chi connectivity index (χ3n) is 1.90. The number of carbonyl (C=O) groups is 1. The van der Waals surface area contributed by atoms with Crippen LogP contribution < -0.4 is 5.32 Å². The van der Waals surface area contributed by atoms with Gasteiger partial charge in [-0.2, -0.15) is 0 Å². The van der Waals surface area contributed by atoms with E-state index in [-0.39, 0.29) is 12.2 Å². The molecule has 0 spiro atoms. The molecule has 0 aromatic carbocycles. The Morgan fingerprint density at radius 1 is 1.50 bits per heavy atom. The lowest BCUT2D eigenvalue weighted by Gasteiger charge is -2.19. The predicted molar refractivity (Wildman–Crippen MR) is 62.3 cm³/mol. The fraction of sp³-hybridized carbons (Fsp3) is 0.500. The number of rotatable bonds is 3. The lowest BCUT2D eigenvalue weighted by atomic mass is 10.2. The van der Waals surface area contributed by atoms with Crippen LogP contribution in [0.3, 0.4) is 0 Å². The molecule has 1 heterocycles. The molecule has 18 heavy (non-hydrogen) atoms. The largest absolute Gasteiger partial charge is 0.444 e. The van der Waals surface area contributed by atoms with Crippen molar-refractivity contribution in [2.24, 2.45) is 0 Å². The molecule has 1 amide bonds. The minimum Gasteiger partial charge on any atom is -0.444 e. The zero-order valence-corrected chi connectivity index (χ0v) is 10.5. The van der Waals surface area contributed by atoms with Crippen molar-refractivity contribution in [2.45, 2.75) is 39.3 Å². The average Bonchev–Trinajstić information content (AvgIpc) is 2.24. The van der Waals surface area contributed by atoms with Gasteiger partial charge in [0.25, 0.3) is 6.43 Å². The lowest BCUT2D eigenvalue weighted by molar-refractivity contribution is 0.0523. The van der Waals surface area contributed by atoms with Crippen molar-refractivity contribution in [1.82, 2.24) is 10.3 Å². The molecule has 4 nitrogen and oxygen atoms in total. The summed E-state index contributed by atoms with van der Waals surface area (Å²) in [6.45, 7) is 5.35. The van der Waals surface area contributed by atoms with E-state index in [4.69, 9.17) is 4.74 Å². The van der Waals surface area contributed by atoms with Crippen molar-refractivity contribution in [2.75, 3.05) is 0 Å². The summed E-state index contributed by atoms with van der Waals surface area (Å²) >= 11 is 0. The van der Waals surface area contributed by atoms with E-state index < -0.39 is 18.1 Å². The normalized spacial score (nSPS) is 11.4. The van der Waals surface area contributed by atoms with Gasteiger partial charge >= 0.3 is 6.09 Å². The second-order valence-corrected chi connectivity index (χ2v) is 4.75. The van der Waals surface area contributed by atoms with E-state index in [2.05, 4.69) is 10.3 Å². The maximum atomic E-state index is 12.4. The first kappa shape index (κ1) is 14.3. The standard InChI is InChI=1S/C12H16F2N2O2/c1-12(2,3)18-11(17)16-7-8-4-5-15-9(6-8)10(13)14/h4-6,10H,7H2,1-3H3,(H,16,17). The van der Waals surface area contributed by atoms with Crippen LogP contribution in [0.15, 0.2) is 18.3 Å². The molecular formula is C12H16F2N2O2. The predicted octanol–water partition coefficient (Wildman–Crippen LogP) is 3.04. The fourth-order valence-electron chi connectivity index (χ4n) is 1.21. The third kappa shape index (κ3) is 5.07. The van der Waals surface area contributed by atoms with Crippen molar-refractivity contribution < 1.29 is 18.3 Å². The van der Waals surface area contributed by atoms with Crippen LogP contribution in [0.2, 0.25) is 0 Å². The van der Waals surface area contributed by atoms with Crippen LogP contribution in [-0.2, 0) is 11.3 Å². The summed E-state index contributed by atoms with van der Waals surface area (Å²) in [4.78, 5) is 14.9. The van der Waals surface area contributed by atoms with Gasteiger partial charge in [-0.3, -0.25) is 4.98 Å². The van der Waals surface area contributed by atoms with E-state index in [1.165, 1.54) is 12.3 Å². The zero-order valence-electron chi connectivity index (χ0n) is 10.5. The van der Waals surface area contributed by atoms with Crippen LogP contribution in [-0.4, -0.2) is 16.7 Å². The second kappa shape index (κ2) is 5.75. The van der Waals surface area contributed by atoms with E-state index in [1.54, 1.807) is 26.8 Å². The second-order valence-electron chi connectivity index (χ2n) is 4.75. The molecule has 1 aromatic heterocycles. The molecule has 0 bridgehead atoms. The number of carbonyl (C=O) groups excluding carboxylic acids is 1. The number of nitrogens with one attached hydrogen (secondary N) is 1. The van der Waals surface area contributed by atoms with Crippen LogP contribution in [0.1, 0.15) is 38.5 Å². The third-order valence-corrected chi connectivity index (χ3v) is 1.90. The van der Waals surface area contributed by atoms with Crippen molar-refractivity contribution in [3.05, 3.63) is 29.6 Å². The van der Waals surface area contributed by atoms with Gasteiger partial charge < -0.3 is 10.1 Å². The fourth-order valence-corrected chi connectivity index (χ4v) is 1.21. The van der Waals surface area contributed by atoms with Crippen LogP contribution in [0, 0.1) is 0 Å². The summed E-state index contributed by atoms with van der Waals surface area (Å²) in [5, 5.41) is 2.49. The van der Waals surface area contributed by atoms with E-state index in [0.29, 0.717) is 5.56 Å². The van der Waals surface area contributed by atoms with Gasteiger partial charge in [-0.05, 0) is 38.5 Å². The average molecular weight is 258 g/mol. The summed E-state index contributed by atoms with van der Waals surface area (Å²) in [6, 6.07) is 2.81. The van der Waals surface area contributed by atoms with Crippen molar-refractivity contribution in [3.8, 4) is 0 Å².